The van der Waals surface area contributed by atoms with Crippen LogP contribution in [0.5, 0.6) is 0 Å². The molecule has 0 saturated heterocycles. The van der Waals surface area contributed by atoms with Gasteiger partial charge in [-0.15, -0.1) is 34.8 Å². The van der Waals surface area contributed by atoms with Gasteiger partial charge in [-0.2, -0.15) is 13.2 Å². The van der Waals surface area contributed by atoms with Crippen LogP contribution in [0.4, 0.5) is 13.2 Å². The molecule has 134 valence electrons. The van der Waals surface area contributed by atoms with Crippen molar-refractivity contribution in [3.63, 3.8) is 0 Å². The SMILES string of the molecule is CC(Cl)CC(Cl)C(Cl)C1CC(c2ccc(C(F)(F)F)cc2)=CCN1. The van der Waals surface area contributed by atoms with Gasteiger partial charge in [0.05, 0.1) is 16.3 Å². The zero-order chi connectivity index (χ0) is 17.9. The Morgan fingerprint density at radius 1 is 1.17 bits per heavy atom. The zero-order valence-corrected chi connectivity index (χ0v) is 15.4. The van der Waals surface area contributed by atoms with Gasteiger partial charge < -0.3 is 5.32 Å². The van der Waals surface area contributed by atoms with Crippen LogP contribution < -0.4 is 5.32 Å². The van der Waals surface area contributed by atoms with Crippen molar-refractivity contribution in [2.75, 3.05) is 6.54 Å². The van der Waals surface area contributed by atoms with Crippen molar-refractivity contribution < 1.29 is 13.2 Å². The van der Waals surface area contributed by atoms with Crippen molar-refractivity contribution in [3.8, 4) is 0 Å². The summed E-state index contributed by atoms with van der Waals surface area (Å²) in [5, 5.41) is 2.64. The summed E-state index contributed by atoms with van der Waals surface area (Å²) in [7, 11) is 0. The minimum atomic E-state index is -4.32. The summed E-state index contributed by atoms with van der Waals surface area (Å²) >= 11 is 18.8. The van der Waals surface area contributed by atoms with Gasteiger partial charge >= 0.3 is 6.18 Å². The summed E-state index contributed by atoms with van der Waals surface area (Å²) < 4.78 is 38.0. The Bertz CT molecular complexity index is 569. The Morgan fingerprint density at radius 3 is 2.33 bits per heavy atom. The van der Waals surface area contributed by atoms with E-state index in [0.29, 0.717) is 19.4 Å². The second-order valence-electron chi connectivity index (χ2n) is 6.00. The highest BCUT2D eigenvalue weighted by Gasteiger charge is 2.31. The molecule has 1 aromatic carbocycles. The minimum absolute atomic E-state index is 0.0492. The molecule has 1 aromatic rings. The highest BCUT2D eigenvalue weighted by molar-refractivity contribution is 6.31. The predicted octanol–water partition coefficient (Wildman–Crippen LogP) is 5.68. The Morgan fingerprint density at radius 2 is 1.79 bits per heavy atom. The van der Waals surface area contributed by atoms with Crippen molar-refractivity contribution in [1.82, 2.24) is 5.32 Å². The number of nitrogens with one attached hydrogen (secondary N) is 1. The first-order valence-corrected chi connectivity index (χ1v) is 9.01. The third-order valence-corrected chi connectivity index (χ3v) is 5.40. The van der Waals surface area contributed by atoms with Gasteiger partial charge in [0.15, 0.2) is 0 Å². The average Bonchev–Trinajstić information content (AvgIpc) is 2.53. The third kappa shape index (κ3) is 5.29. The largest absolute Gasteiger partial charge is 0.416 e. The summed E-state index contributed by atoms with van der Waals surface area (Å²) in [5.41, 5.74) is 1.10. The number of alkyl halides is 6. The van der Waals surface area contributed by atoms with Crippen LogP contribution in [0.3, 0.4) is 0 Å². The molecule has 1 aliphatic heterocycles. The fourth-order valence-electron chi connectivity index (χ4n) is 2.75. The lowest BCUT2D eigenvalue weighted by atomic mass is 9.91. The van der Waals surface area contributed by atoms with E-state index in [9.17, 15) is 13.2 Å². The quantitative estimate of drug-likeness (QED) is 0.627. The van der Waals surface area contributed by atoms with E-state index < -0.39 is 11.7 Å². The molecular weight excluding hydrogens is 382 g/mol. The molecule has 0 spiro atoms. The van der Waals surface area contributed by atoms with Gasteiger partial charge in [0.25, 0.3) is 0 Å². The third-order valence-electron chi connectivity index (χ3n) is 4.03. The molecule has 1 nitrogen and oxygen atoms in total. The number of rotatable bonds is 5. The molecule has 1 N–H and O–H groups in total. The lowest BCUT2D eigenvalue weighted by Crippen LogP contribution is -2.44. The van der Waals surface area contributed by atoms with Crippen molar-refractivity contribution in [1.29, 1.82) is 0 Å². The van der Waals surface area contributed by atoms with E-state index in [0.717, 1.165) is 23.3 Å². The van der Waals surface area contributed by atoms with E-state index in [1.54, 1.807) is 0 Å². The molecule has 4 unspecified atom stereocenters. The van der Waals surface area contributed by atoms with E-state index in [4.69, 9.17) is 34.8 Å². The van der Waals surface area contributed by atoms with Crippen LogP contribution in [-0.4, -0.2) is 28.7 Å². The van der Waals surface area contributed by atoms with Crippen molar-refractivity contribution in [2.45, 2.75) is 48.1 Å². The average molecular weight is 401 g/mol. The van der Waals surface area contributed by atoms with E-state index in [1.165, 1.54) is 12.1 Å². The standard InChI is InChI=1S/C17H19Cl3F3N/c1-10(18)8-14(19)16(20)15-9-12(6-7-24-15)11-2-4-13(5-3-11)17(21,22)23/h2-6,10,14-16,24H,7-9H2,1H3. The van der Waals surface area contributed by atoms with E-state index in [-0.39, 0.29) is 22.2 Å². The monoisotopic (exact) mass is 399 g/mol. The fraction of sp³-hybridized carbons (Fsp3) is 0.529. The van der Waals surface area contributed by atoms with Crippen LogP contribution in [0.1, 0.15) is 30.9 Å². The molecule has 0 aromatic heterocycles. The molecule has 0 radical (unpaired) electrons. The van der Waals surface area contributed by atoms with Gasteiger partial charge in [-0.3, -0.25) is 0 Å². The molecule has 0 amide bonds. The van der Waals surface area contributed by atoms with E-state index in [1.807, 2.05) is 13.0 Å². The smallest absolute Gasteiger partial charge is 0.309 e. The first-order chi connectivity index (χ1) is 11.2. The molecule has 4 atom stereocenters. The van der Waals surface area contributed by atoms with Gasteiger partial charge in [-0.1, -0.05) is 18.2 Å². The maximum atomic E-state index is 12.7. The fourth-order valence-corrected chi connectivity index (χ4v) is 3.76. The van der Waals surface area contributed by atoms with Crippen LogP contribution in [0, 0.1) is 0 Å². The maximum absolute atomic E-state index is 12.7. The molecule has 0 aliphatic carbocycles. The summed E-state index contributed by atoms with van der Waals surface area (Å²) in [4.78, 5) is 0. The first-order valence-electron chi connectivity index (χ1n) is 7.70. The van der Waals surface area contributed by atoms with Gasteiger partial charge in [-0.25, -0.2) is 0 Å². The predicted molar refractivity (Wildman–Crippen MR) is 95.0 cm³/mol. The molecule has 7 heteroatoms. The molecule has 2 rings (SSSR count). The summed E-state index contributed by atoms with van der Waals surface area (Å²) in [5.74, 6) is 0. The zero-order valence-electron chi connectivity index (χ0n) is 13.1. The van der Waals surface area contributed by atoms with Crippen LogP contribution in [0.15, 0.2) is 30.3 Å². The summed E-state index contributed by atoms with van der Waals surface area (Å²) in [6.07, 6.45) is -1.15. The van der Waals surface area contributed by atoms with Crippen molar-refractivity contribution >= 4 is 40.4 Å². The molecule has 1 heterocycles. The molecular formula is C17H19Cl3F3N. The Balaban J connectivity index is 2.06. The Labute approximate surface area is 155 Å². The van der Waals surface area contributed by atoms with Crippen LogP contribution in [0.25, 0.3) is 5.57 Å². The number of benzene rings is 1. The summed E-state index contributed by atoms with van der Waals surface area (Å²) in [6, 6.07) is 5.15. The van der Waals surface area contributed by atoms with Crippen molar-refractivity contribution in [3.05, 3.63) is 41.5 Å². The molecule has 1 aliphatic rings. The van der Waals surface area contributed by atoms with E-state index >= 15 is 0 Å². The minimum Gasteiger partial charge on any atom is -0.309 e. The second kappa shape index (κ2) is 8.31. The number of hydrogen-bond donors (Lipinski definition) is 1. The maximum Gasteiger partial charge on any atom is 0.416 e. The Kier molecular flexibility index (Phi) is 6.89. The molecule has 0 bridgehead atoms. The van der Waals surface area contributed by atoms with Crippen molar-refractivity contribution in [2.24, 2.45) is 0 Å². The lowest BCUT2D eigenvalue weighted by molar-refractivity contribution is -0.137. The normalized spacial score (nSPS) is 22.6. The van der Waals surface area contributed by atoms with Crippen LogP contribution in [-0.2, 0) is 6.18 Å². The number of halogens is 6. The van der Waals surface area contributed by atoms with Gasteiger partial charge in [-0.05, 0) is 43.0 Å². The number of hydrogen-bond acceptors (Lipinski definition) is 1. The van der Waals surface area contributed by atoms with Crippen LogP contribution in [0.2, 0.25) is 0 Å². The first kappa shape index (κ1) is 19.9. The highest BCUT2D eigenvalue weighted by atomic mass is 35.5. The second-order valence-corrected chi connectivity index (χ2v) is 7.81. The van der Waals surface area contributed by atoms with Gasteiger partial charge in [0, 0.05) is 18.0 Å². The van der Waals surface area contributed by atoms with Crippen LogP contribution >= 0.6 is 34.8 Å². The lowest BCUT2D eigenvalue weighted by Gasteiger charge is -2.31. The van der Waals surface area contributed by atoms with E-state index in [2.05, 4.69) is 5.32 Å². The molecule has 24 heavy (non-hydrogen) atoms. The topological polar surface area (TPSA) is 12.0 Å². The van der Waals surface area contributed by atoms with Gasteiger partial charge in [0.2, 0.25) is 0 Å². The summed E-state index contributed by atoms with van der Waals surface area (Å²) in [6.45, 7) is 2.46. The molecule has 0 fully saturated rings. The van der Waals surface area contributed by atoms with Gasteiger partial charge in [0.1, 0.15) is 0 Å². The molecule has 0 saturated carbocycles. The Hall–Kier alpha value is -0.420. The highest BCUT2D eigenvalue weighted by Crippen LogP contribution is 2.32.